The van der Waals surface area contributed by atoms with Crippen LogP contribution in [-0.4, -0.2) is 26.0 Å². The van der Waals surface area contributed by atoms with Crippen LogP contribution < -0.4 is 5.73 Å². The topological polar surface area (TPSA) is 60.2 Å². The van der Waals surface area contributed by atoms with Crippen molar-refractivity contribution in [3.63, 3.8) is 0 Å². The van der Waals surface area contributed by atoms with Crippen LogP contribution in [0.4, 0.5) is 0 Å². The Morgan fingerprint density at radius 2 is 2.00 bits per heavy atom. The van der Waals surface area contributed by atoms with E-state index in [2.05, 4.69) is 6.92 Å². The molecule has 0 aromatic rings. The Morgan fingerprint density at radius 1 is 1.25 bits per heavy atom. The maximum Gasteiger partial charge on any atom is 0.150 e. The zero-order chi connectivity index (χ0) is 11.8. The van der Waals surface area contributed by atoms with E-state index in [4.69, 9.17) is 5.73 Å². The molecule has 4 atom stereocenters. The summed E-state index contributed by atoms with van der Waals surface area (Å²) in [7, 11) is -2.75. The van der Waals surface area contributed by atoms with Crippen LogP contribution in [0, 0.1) is 17.8 Å². The first kappa shape index (κ1) is 12.4. The highest BCUT2D eigenvalue weighted by Gasteiger charge is 2.39. The second kappa shape index (κ2) is 4.65. The first-order valence-electron chi connectivity index (χ1n) is 6.48. The van der Waals surface area contributed by atoms with E-state index in [0.29, 0.717) is 23.3 Å². The number of nitrogens with two attached hydrogens (primary N) is 1. The van der Waals surface area contributed by atoms with Crippen molar-refractivity contribution >= 4 is 9.84 Å². The fraction of sp³-hybridized carbons (Fsp3) is 1.00. The molecule has 1 heterocycles. The van der Waals surface area contributed by atoms with Gasteiger partial charge in [0.15, 0.2) is 9.84 Å². The molecule has 2 rings (SSSR count). The van der Waals surface area contributed by atoms with Gasteiger partial charge in [-0.25, -0.2) is 8.42 Å². The lowest BCUT2D eigenvalue weighted by molar-refractivity contribution is 0.175. The highest BCUT2D eigenvalue weighted by Crippen LogP contribution is 2.38. The first-order chi connectivity index (χ1) is 7.52. The van der Waals surface area contributed by atoms with Gasteiger partial charge in [0.25, 0.3) is 0 Å². The molecule has 2 aliphatic rings. The van der Waals surface area contributed by atoms with Crippen LogP contribution in [0.2, 0.25) is 0 Å². The molecule has 16 heavy (non-hydrogen) atoms. The van der Waals surface area contributed by atoms with E-state index in [-0.39, 0.29) is 6.04 Å². The molecule has 0 aromatic carbocycles. The van der Waals surface area contributed by atoms with E-state index < -0.39 is 9.84 Å². The minimum atomic E-state index is -2.75. The smallest absolute Gasteiger partial charge is 0.150 e. The Kier molecular flexibility index (Phi) is 3.59. The molecule has 0 aromatic heterocycles. The highest BCUT2D eigenvalue weighted by molar-refractivity contribution is 7.91. The number of hydrogen-bond donors (Lipinski definition) is 1. The van der Waals surface area contributed by atoms with Gasteiger partial charge in [0.2, 0.25) is 0 Å². The van der Waals surface area contributed by atoms with Crippen molar-refractivity contribution in [3.8, 4) is 0 Å². The Morgan fingerprint density at radius 3 is 2.56 bits per heavy atom. The lowest BCUT2D eigenvalue weighted by atomic mass is 9.71. The van der Waals surface area contributed by atoms with Crippen molar-refractivity contribution in [2.24, 2.45) is 23.5 Å². The van der Waals surface area contributed by atoms with Crippen molar-refractivity contribution in [3.05, 3.63) is 0 Å². The van der Waals surface area contributed by atoms with Gasteiger partial charge < -0.3 is 5.73 Å². The second-order valence-corrected chi connectivity index (χ2v) is 7.81. The zero-order valence-electron chi connectivity index (χ0n) is 10.1. The summed E-state index contributed by atoms with van der Waals surface area (Å²) in [5, 5.41) is 0. The van der Waals surface area contributed by atoms with E-state index in [9.17, 15) is 8.42 Å². The van der Waals surface area contributed by atoms with Crippen molar-refractivity contribution in [2.75, 3.05) is 11.5 Å². The SMILES string of the molecule is CCC1CCC(N)C(C2CCS(=O)(=O)C2)C1. The van der Waals surface area contributed by atoms with E-state index >= 15 is 0 Å². The van der Waals surface area contributed by atoms with Gasteiger partial charge in [0.1, 0.15) is 0 Å². The van der Waals surface area contributed by atoms with Gasteiger partial charge in [-0.2, -0.15) is 0 Å². The minimum Gasteiger partial charge on any atom is -0.327 e. The third-order valence-electron chi connectivity index (χ3n) is 4.51. The minimum absolute atomic E-state index is 0.237. The van der Waals surface area contributed by atoms with Crippen LogP contribution in [0.5, 0.6) is 0 Å². The largest absolute Gasteiger partial charge is 0.327 e. The molecule has 4 unspecified atom stereocenters. The molecule has 2 N–H and O–H groups in total. The van der Waals surface area contributed by atoms with Crippen molar-refractivity contribution in [1.82, 2.24) is 0 Å². The highest BCUT2D eigenvalue weighted by atomic mass is 32.2. The van der Waals surface area contributed by atoms with Crippen LogP contribution in [0.1, 0.15) is 39.0 Å². The lowest BCUT2D eigenvalue weighted by Gasteiger charge is -2.37. The van der Waals surface area contributed by atoms with Crippen LogP contribution in [0.25, 0.3) is 0 Å². The van der Waals surface area contributed by atoms with Crippen molar-refractivity contribution < 1.29 is 8.42 Å². The standard InChI is InChI=1S/C12H23NO2S/c1-2-9-3-4-12(13)11(7-9)10-5-6-16(14,15)8-10/h9-12H,2-8,13H2,1H3. The molecule has 0 bridgehead atoms. The molecular weight excluding hydrogens is 222 g/mol. The number of rotatable bonds is 2. The first-order valence-corrected chi connectivity index (χ1v) is 8.30. The van der Waals surface area contributed by atoms with Gasteiger partial charge in [0.05, 0.1) is 11.5 Å². The van der Waals surface area contributed by atoms with E-state index in [0.717, 1.165) is 25.2 Å². The molecule has 94 valence electrons. The summed E-state index contributed by atoms with van der Waals surface area (Å²) in [5.74, 6) is 2.35. The van der Waals surface area contributed by atoms with Gasteiger partial charge in [-0.3, -0.25) is 0 Å². The Balaban J connectivity index is 2.02. The molecule has 0 spiro atoms. The van der Waals surface area contributed by atoms with E-state index in [1.807, 2.05) is 0 Å². The summed E-state index contributed by atoms with van der Waals surface area (Å²) in [5.41, 5.74) is 6.17. The Bertz CT molecular complexity index is 339. The van der Waals surface area contributed by atoms with Crippen molar-refractivity contribution in [1.29, 1.82) is 0 Å². The fourth-order valence-electron chi connectivity index (χ4n) is 3.39. The Labute approximate surface area is 98.7 Å². The molecule has 1 saturated carbocycles. The Hall–Kier alpha value is -0.0900. The van der Waals surface area contributed by atoms with Gasteiger partial charge in [-0.05, 0) is 43.4 Å². The maximum atomic E-state index is 11.5. The van der Waals surface area contributed by atoms with Crippen LogP contribution in [0.3, 0.4) is 0 Å². The summed E-state index contributed by atoms with van der Waals surface area (Å²) >= 11 is 0. The zero-order valence-corrected chi connectivity index (χ0v) is 10.9. The van der Waals surface area contributed by atoms with Crippen molar-refractivity contribution in [2.45, 2.75) is 45.1 Å². The third-order valence-corrected chi connectivity index (χ3v) is 6.31. The molecule has 1 aliphatic heterocycles. The van der Waals surface area contributed by atoms with E-state index in [1.54, 1.807) is 0 Å². The van der Waals surface area contributed by atoms with Gasteiger partial charge in [0, 0.05) is 6.04 Å². The predicted octanol–water partition coefficient (Wildman–Crippen LogP) is 1.57. The summed E-state index contributed by atoms with van der Waals surface area (Å²) < 4.78 is 23.0. The van der Waals surface area contributed by atoms with Crippen LogP contribution in [0.15, 0.2) is 0 Å². The predicted molar refractivity (Wildman–Crippen MR) is 65.9 cm³/mol. The average Bonchev–Trinajstić information content (AvgIpc) is 2.59. The second-order valence-electron chi connectivity index (χ2n) is 5.58. The third kappa shape index (κ3) is 2.59. The van der Waals surface area contributed by atoms with E-state index in [1.165, 1.54) is 12.8 Å². The summed E-state index contributed by atoms with van der Waals surface area (Å²) in [6.45, 7) is 2.23. The van der Waals surface area contributed by atoms with Gasteiger partial charge in [-0.1, -0.05) is 13.3 Å². The number of sulfone groups is 1. The van der Waals surface area contributed by atoms with Crippen LogP contribution >= 0.6 is 0 Å². The van der Waals surface area contributed by atoms with Crippen LogP contribution in [-0.2, 0) is 9.84 Å². The molecule has 0 amide bonds. The molecule has 2 fully saturated rings. The van der Waals surface area contributed by atoms with Gasteiger partial charge >= 0.3 is 0 Å². The molecular formula is C12H23NO2S. The molecule has 3 nitrogen and oxygen atoms in total. The normalized spacial score (nSPS) is 43.4. The summed E-state index contributed by atoms with van der Waals surface area (Å²) in [6, 6.07) is 0.237. The van der Waals surface area contributed by atoms with Gasteiger partial charge in [-0.15, -0.1) is 0 Å². The maximum absolute atomic E-state index is 11.5. The molecule has 0 radical (unpaired) electrons. The fourth-order valence-corrected chi connectivity index (χ4v) is 5.29. The monoisotopic (exact) mass is 245 g/mol. The lowest BCUT2D eigenvalue weighted by Crippen LogP contribution is -2.40. The summed E-state index contributed by atoms with van der Waals surface area (Å²) in [4.78, 5) is 0. The average molecular weight is 245 g/mol. The molecule has 1 saturated heterocycles. The molecule has 4 heteroatoms. The summed E-state index contributed by atoms with van der Waals surface area (Å²) in [6.07, 6.45) is 5.52. The number of hydrogen-bond acceptors (Lipinski definition) is 3. The molecule has 1 aliphatic carbocycles. The quantitative estimate of drug-likeness (QED) is 0.803.